The number of benzene rings is 2. The van der Waals surface area contributed by atoms with Crippen molar-refractivity contribution in [1.82, 2.24) is 19.7 Å². The van der Waals surface area contributed by atoms with Gasteiger partial charge in [0.05, 0.1) is 22.2 Å². The number of rotatable bonds is 5. The topological polar surface area (TPSA) is 90.1 Å². The SMILES string of the molecule is Cc1cc2nc(-c3nn(C)c4ccncc34)sc2c(-c2ccc(Cl)cc2OC(C)(C)C)c1CC(=O)O. The maximum Gasteiger partial charge on any atom is 0.307 e. The van der Waals surface area contributed by atoms with Gasteiger partial charge in [0.15, 0.2) is 0 Å². The highest BCUT2D eigenvalue weighted by atomic mass is 35.5. The van der Waals surface area contributed by atoms with Gasteiger partial charge in [0.2, 0.25) is 0 Å². The predicted molar refractivity (Wildman–Crippen MR) is 144 cm³/mol. The van der Waals surface area contributed by atoms with Crippen molar-refractivity contribution in [3.8, 4) is 27.6 Å². The molecule has 0 aliphatic carbocycles. The summed E-state index contributed by atoms with van der Waals surface area (Å²) < 4.78 is 8.98. The van der Waals surface area contributed by atoms with Gasteiger partial charge in [-0.25, -0.2) is 4.98 Å². The molecule has 1 N–H and O–H groups in total. The fourth-order valence-electron chi connectivity index (χ4n) is 4.38. The van der Waals surface area contributed by atoms with Crippen LogP contribution < -0.4 is 4.74 Å². The molecule has 2 aromatic carbocycles. The number of ether oxygens (including phenoxy) is 1. The van der Waals surface area contributed by atoms with Gasteiger partial charge >= 0.3 is 5.97 Å². The molecule has 7 nitrogen and oxygen atoms in total. The first-order chi connectivity index (χ1) is 17.0. The number of thiazole rings is 1. The Morgan fingerprint density at radius 3 is 2.72 bits per heavy atom. The maximum atomic E-state index is 11.9. The Labute approximate surface area is 217 Å². The molecule has 0 atom stereocenters. The molecule has 0 amide bonds. The van der Waals surface area contributed by atoms with Gasteiger partial charge in [0.1, 0.15) is 22.1 Å². The smallest absolute Gasteiger partial charge is 0.307 e. The molecule has 0 unspecified atom stereocenters. The van der Waals surface area contributed by atoms with Crippen LogP contribution in [0.1, 0.15) is 31.9 Å². The lowest BCUT2D eigenvalue weighted by molar-refractivity contribution is -0.136. The maximum absolute atomic E-state index is 11.9. The van der Waals surface area contributed by atoms with Gasteiger partial charge in [-0.05, 0) is 69.2 Å². The average Bonchev–Trinajstić information content (AvgIpc) is 3.35. The summed E-state index contributed by atoms with van der Waals surface area (Å²) in [6.07, 6.45) is 3.40. The average molecular weight is 521 g/mol. The molecule has 3 heterocycles. The molecular formula is C27H25ClN4O3S. The number of carboxylic acid groups (broad SMARTS) is 1. The molecular weight excluding hydrogens is 496 g/mol. The van der Waals surface area contributed by atoms with Crippen LogP contribution in [0.15, 0.2) is 42.7 Å². The number of aliphatic carboxylic acids is 1. The van der Waals surface area contributed by atoms with Gasteiger partial charge in [-0.15, -0.1) is 11.3 Å². The third-order valence-electron chi connectivity index (χ3n) is 5.82. The number of halogens is 1. The first kappa shape index (κ1) is 24.2. The molecule has 36 heavy (non-hydrogen) atoms. The number of carbonyl (C=O) groups is 1. The van der Waals surface area contributed by atoms with E-state index < -0.39 is 11.6 Å². The number of aromatic nitrogens is 4. The monoisotopic (exact) mass is 520 g/mol. The van der Waals surface area contributed by atoms with Crippen molar-refractivity contribution in [1.29, 1.82) is 0 Å². The second-order valence-corrected chi connectivity index (χ2v) is 11.1. The van der Waals surface area contributed by atoms with E-state index in [9.17, 15) is 9.90 Å². The standard InChI is InChI=1S/C27H25ClN4O3S/c1-14-10-19-25(36-26(30-19)24-18-13-29-9-8-20(18)32(5)31-24)23(17(14)12-22(33)34)16-7-6-15(28)11-21(16)35-27(2,3)4/h6-11,13H,12H2,1-5H3,(H,33,34). The first-order valence-corrected chi connectivity index (χ1v) is 12.6. The lowest BCUT2D eigenvalue weighted by atomic mass is 9.92. The zero-order chi connectivity index (χ0) is 25.8. The summed E-state index contributed by atoms with van der Waals surface area (Å²) in [5, 5.41) is 16.7. The van der Waals surface area contributed by atoms with Crippen molar-refractivity contribution in [3.63, 3.8) is 0 Å². The number of carboxylic acids is 1. The largest absolute Gasteiger partial charge is 0.487 e. The molecule has 9 heteroatoms. The highest BCUT2D eigenvalue weighted by Gasteiger charge is 2.25. The quantitative estimate of drug-likeness (QED) is 0.278. The normalized spacial score (nSPS) is 11.9. The van der Waals surface area contributed by atoms with Gasteiger partial charge in [-0.3, -0.25) is 14.5 Å². The summed E-state index contributed by atoms with van der Waals surface area (Å²) in [7, 11) is 1.89. The Hall–Kier alpha value is -3.49. The van der Waals surface area contributed by atoms with Gasteiger partial charge in [-0.1, -0.05) is 11.6 Å². The fraction of sp³-hybridized carbons (Fsp3) is 0.259. The molecule has 0 bridgehead atoms. The molecule has 0 saturated carbocycles. The number of hydrogen-bond donors (Lipinski definition) is 1. The van der Waals surface area contributed by atoms with Crippen molar-refractivity contribution in [2.75, 3.05) is 0 Å². The van der Waals surface area contributed by atoms with Crippen LogP contribution in [0.3, 0.4) is 0 Å². The Kier molecular flexibility index (Phi) is 5.97. The van der Waals surface area contributed by atoms with Crippen LogP contribution in [-0.2, 0) is 18.3 Å². The molecule has 184 valence electrons. The van der Waals surface area contributed by atoms with E-state index in [4.69, 9.17) is 26.4 Å². The third-order valence-corrected chi connectivity index (χ3v) is 7.15. The van der Waals surface area contributed by atoms with Crippen molar-refractivity contribution in [3.05, 3.63) is 58.9 Å². The van der Waals surface area contributed by atoms with Gasteiger partial charge in [0.25, 0.3) is 0 Å². The second kappa shape index (κ2) is 8.87. The summed E-state index contributed by atoms with van der Waals surface area (Å²) in [5.41, 5.74) is 5.14. The minimum Gasteiger partial charge on any atom is -0.487 e. The third kappa shape index (κ3) is 4.42. The van der Waals surface area contributed by atoms with Crippen LogP contribution in [0.5, 0.6) is 5.75 Å². The molecule has 5 rings (SSSR count). The lowest BCUT2D eigenvalue weighted by Crippen LogP contribution is -2.23. The van der Waals surface area contributed by atoms with Gasteiger partial charge in [0, 0.05) is 41.0 Å². The van der Waals surface area contributed by atoms with Crippen molar-refractivity contribution < 1.29 is 14.6 Å². The zero-order valence-electron chi connectivity index (χ0n) is 20.6. The van der Waals surface area contributed by atoms with Crippen molar-refractivity contribution in [2.24, 2.45) is 7.05 Å². The summed E-state index contributed by atoms with van der Waals surface area (Å²) >= 11 is 7.83. The molecule has 0 spiro atoms. The number of pyridine rings is 1. The Balaban J connectivity index is 1.83. The minimum absolute atomic E-state index is 0.127. The Morgan fingerprint density at radius 2 is 2.00 bits per heavy atom. The number of nitrogens with zero attached hydrogens (tertiary/aromatic N) is 4. The van der Waals surface area contributed by atoms with Crippen LogP contribution in [0.25, 0.3) is 42.9 Å². The molecule has 0 saturated heterocycles. The van der Waals surface area contributed by atoms with Crippen molar-refractivity contribution >= 4 is 50.0 Å². The van der Waals surface area contributed by atoms with E-state index in [1.807, 2.05) is 57.6 Å². The van der Waals surface area contributed by atoms with Crippen LogP contribution >= 0.6 is 22.9 Å². The van der Waals surface area contributed by atoms with Crippen LogP contribution in [0.2, 0.25) is 5.02 Å². The Morgan fingerprint density at radius 1 is 1.22 bits per heavy atom. The van der Waals surface area contributed by atoms with E-state index in [1.54, 1.807) is 24.5 Å². The summed E-state index contributed by atoms with van der Waals surface area (Å²) in [5.74, 6) is -0.312. The number of aryl methyl sites for hydroxylation is 2. The highest BCUT2D eigenvalue weighted by molar-refractivity contribution is 7.22. The van der Waals surface area contributed by atoms with Crippen LogP contribution in [0, 0.1) is 6.92 Å². The summed E-state index contributed by atoms with van der Waals surface area (Å²) in [6.45, 7) is 7.81. The van der Waals surface area contributed by atoms with E-state index in [1.165, 1.54) is 11.3 Å². The number of fused-ring (bicyclic) bond motifs is 2. The van der Waals surface area contributed by atoms with E-state index in [2.05, 4.69) is 4.98 Å². The minimum atomic E-state index is -0.905. The molecule has 3 aromatic heterocycles. The molecule has 0 aliphatic heterocycles. The summed E-state index contributed by atoms with van der Waals surface area (Å²) in [6, 6.07) is 9.33. The van der Waals surface area contributed by atoms with Crippen LogP contribution in [-0.4, -0.2) is 36.4 Å². The predicted octanol–water partition coefficient (Wildman–Crippen LogP) is 6.68. The fourth-order valence-corrected chi connectivity index (χ4v) is 5.68. The summed E-state index contributed by atoms with van der Waals surface area (Å²) in [4.78, 5) is 21.1. The van der Waals surface area contributed by atoms with E-state index in [0.29, 0.717) is 10.8 Å². The first-order valence-electron chi connectivity index (χ1n) is 11.4. The van der Waals surface area contributed by atoms with Gasteiger partial charge < -0.3 is 9.84 Å². The van der Waals surface area contributed by atoms with E-state index in [-0.39, 0.29) is 6.42 Å². The zero-order valence-corrected chi connectivity index (χ0v) is 22.2. The van der Waals surface area contributed by atoms with Crippen molar-refractivity contribution in [2.45, 2.75) is 39.7 Å². The van der Waals surface area contributed by atoms with Gasteiger partial charge in [-0.2, -0.15) is 5.10 Å². The molecule has 5 aromatic rings. The number of hydrogen-bond acceptors (Lipinski definition) is 6. The Bertz CT molecular complexity index is 1650. The molecule has 0 radical (unpaired) electrons. The van der Waals surface area contributed by atoms with E-state index >= 15 is 0 Å². The van der Waals surface area contributed by atoms with E-state index in [0.717, 1.165) is 54.1 Å². The lowest BCUT2D eigenvalue weighted by Gasteiger charge is -2.24. The molecule has 0 aliphatic rings. The highest BCUT2D eigenvalue weighted by Crippen LogP contribution is 2.45. The second-order valence-electron chi connectivity index (χ2n) is 9.70. The van der Waals surface area contributed by atoms with Crippen LogP contribution in [0.4, 0.5) is 0 Å². The molecule has 0 fully saturated rings.